The number of nitrogens with zero attached hydrogens (tertiary/aromatic N) is 3. The van der Waals surface area contributed by atoms with Crippen LogP contribution in [0.5, 0.6) is 0 Å². The third-order valence-electron chi connectivity index (χ3n) is 3.50. The molecule has 1 aliphatic rings. The molecule has 0 unspecified atom stereocenters. The second kappa shape index (κ2) is 5.40. The molecule has 108 valence electrons. The molecule has 3 N–H and O–H groups in total. The molecule has 0 radical (unpaired) electrons. The van der Waals surface area contributed by atoms with Crippen LogP contribution in [-0.4, -0.2) is 37.8 Å². The van der Waals surface area contributed by atoms with E-state index in [0.717, 1.165) is 6.42 Å². The predicted molar refractivity (Wildman–Crippen MR) is 70.3 cm³/mol. The maximum atomic E-state index is 11.9. The standard InChI is InChI=1S/C12H17N5O3/c1-7-8(2)16-17-10(13-7)14-11(20)15-12(4-3-5-12)6-9(18)19/h3-6H2,1-2H3,(H,18,19)(H2,13,14,15,17,20). The Morgan fingerprint density at radius 2 is 1.95 bits per heavy atom. The predicted octanol–water partition coefficient (Wildman–Crippen LogP) is 1.01. The number of aryl methyl sites for hydroxylation is 2. The number of aliphatic carboxylic acids is 1. The van der Waals surface area contributed by atoms with Gasteiger partial charge < -0.3 is 10.4 Å². The van der Waals surface area contributed by atoms with Crippen LogP contribution in [0.1, 0.15) is 37.1 Å². The van der Waals surface area contributed by atoms with Crippen LogP contribution in [0.25, 0.3) is 0 Å². The van der Waals surface area contributed by atoms with Gasteiger partial charge in [-0.05, 0) is 33.1 Å². The SMILES string of the molecule is Cc1nnc(NC(=O)NC2(CC(=O)O)CCC2)nc1C. The molecule has 2 rings (SSSR count). The van der Waals surface area contributed by atoms with Crippen LogP contribution in [-0.2, 0) is 4.79 Å². The average molecular weight is 279 g/mol. The maximum absolute atomic E-state index is 11.9. The topological polar surface area (TPSA) is 117 Å². The summed E-state index contributed by atoms with van der Waals surface area (Å²) < 4.78 is 0. The van der Waals surface area contributed by atoms with Crippen LogP contribution in [0.4, 0.5) is 10.7 Å². The highest BCUT2D eigenvalue weighted by Crippen LogP contribution is 2.34. The first-order valence-corrected chi connectivity index (χ1v) is 6.39. The molecule has 0 atom stereocenters. The molecule has 1 aromatic rings. The van der Waals surface area contributed by atoms with Gasteiger partial charge in [0.1, 0.15) is 0 Å². The van der Waals surface area contributed by atoms with Gasteiger partial charge in [0.25, 0.3) is 5.95 Å². The van der Waals surface area contributed by atoms with Crippen molar-refractivity contribution in [3.05, 3.63) is 11.4 Å². The molecule has 0 spiro atoms. The summed E-state index contributed by atoms with van der Waals surface area (Å²) in [7, 11) is 0. The van der Waals surface area contributed by atoms with Crippen molar-refractivity contribution in [2.24, 2.45) is 0 Å². The quantitative estimate of drug-likeness (QED) is 0.757. The zero-order chi connectivity index (χ0) is 14.8. The Morgan fingerprint density at radius 1 is 1.25 bits per heavy atom. The van der Waals surface area contributed by atoms with E-state index < -0.39 is 17.5 Å². The fourth-order valence-electron chi connectivity index (χ4n) is 2.12. The lowest BCUT2D eigenvalue weighted by Crippen LogP contribution is -2.55. The zero-order valence-electron chi connectivity index (χ0n) is 11.4. The Hall–Kier alpha value is -2.25. The summed E-state index contributed by atoms with van der Waals surface area (Å²) in [6, 6.07) is -0.504. The second-order valence-electron chi connectivity index (χ2n) is 5.09. The molecular weight excluding hydrogens is 262 g/mol. The number of urea groups is 1. The smallest absolute Gasteiger partial charge is 0.322 e. The molecule has 1 heterocycles. The second-order valence-corrected chi connectivity index (χ2v) is 5.09. The number of amides is 2. The van der Waals surface area contributed by atoms with Crippen molar-refractivity contribution in [3.8, 4) is 0 Å². The van der Waals surface area contributed by atoms with Crippen molar-refractivity contribution in [3.63, 3.8) is 0 Å². The molecule has 2 amide bonds. The molecule has 1 saturated carbocycles. The molecule has 0 aromatic carbocycles. The van der Waals surface area contributed by atoms with Crippen molar-refractivity contribution in [1.82, 2.24) is 20.5 Å². The molecule has 0 bridgehead atoms. The van der Waals surface area contributed by atoms with Gasteiger partial charge >= 0.3 is 12.0 Å². The van der Waals surface area contributed by atoms with Gasteiger partial charge in [0, 0.05) is 0 Å². The van der Waals surface area contributed by atoms with Crippen LogP contribution in [0.2, 0.25) is 0 Å². The number of carboxylic acid groups (broad SMARTS) is 1. The molecule has 1 aliphatic carbocycles. The Balaban J connectivity index is 1.97. The molecular formula is C12H17N5O3. The highest BCUT2D eigenvalue weighted by atomic mass is 16.4. The van der Waals surface area contributed by atoms with Gasteiger partial charge in [0.2, 0.25) is 0 Å². The summed E-state index contributed by atoms with van der Waals surface area (Å²) in [5, 5.41) is 21.7. The molecule has 0 aliphatic heterocycles. The summed E-state index contributed by atoms with van der Waals surface area (Å²) in [5.41, 5.74) is 0.722. The first-order chi connectivity index (χ1) is 9.40. The van der Waals surface area contributed by atoms with Gasteiger partial charge in [0.05, 0.1) is 23.3 Å². The lowest BCUT2D eigenvalue weighted by atomic mass is 9.74. The molecule has 8 nitrogen and oxygen atoms in total. The molecule has 0 saturated heterocycles. The number of rotatable bonds is 4. The third kappa shape index (κ3) is 3.19. The van der Waals surface area contributed by atoms with Crippen molar-refractivity contribution in [1.29, 1.82) is 0 Å². The number of aromatic nitrogens is 3. The number of carbonyl (C=O) groups is 2. The maximum Gasteiger partial charge on any atom is 0.322 e. The fourth-order valence-corrected chi connectivity index (χ4v) is 2.12. The highest BCUT2D eigenvalue weighted by Gasteiger charge is 2.40. The summed E-state index contributed by atoms with van der Waals surface area (Å²) in [6.45, 7) is 3.54. The van der Waals surface area contributed by atoms with Gasteiger partial charge in [-0.1, -0.05) is 0 Å². The monoisotopic (exact) mass is 279 g/mol. The van der Waals surface area contributed by atoms with Crippen molar-refractivity contribution in [2.75, 3.05) is 5.32 Å². The van der Waals surface area contributed by atoms with E-state index in [2.05, 4.69) is 25.8 Å². The van der Waals surface area contributed by atoms with E-state index in [1.807, 2.05) is 0 Å². The van der Waals surface area contributed by atoms with Crippen LogP contribution >= 0.6 is 0 Å². The minimum absolute atomic E-state index is 0.0769. The first-order valence-electron chi connectivity index (χ1n) is 6.39. The molecule has 1 fully saturated rings. The summed E-state index contributed by atoms with van der Waals surface area (Å²) in [4.78, 5) is 26.8. The number of carbonyl (C=O) groups excluding carboxylic acids is 1. The summed E-state index contributed by atoms with van der Waals surface area (Å²) in [5.74, 6) is -0.815. The van der Waals surface area contributed by atoms with Crippen LogP contribution in [0.3, 0.4) is 0 Å². The zero-order valence-corrected chi connectivity index (χ0v) is 11.4. The minimum atomic E-state index is -0.922. The lowest BCUT2D eigenvalue weighted by Gasteiger charge is -2.41. The number of hydrogen-bond donors (Lipinski definition) is 3. The number of anilines is 1. The van der Waals surface area contributed by atoms with Gasteiger partial charge in [-0.25, -0.2) is 9.78 Å². The van der Waals surface area contributed by atoms with E-state index in [9.17, 15) is 9.59 Å². The van der Waals surface area contributed by atoms with E-state index in [4.69, 9.17) is 5.11 Å². The Labute approximate surface area is 116 Å². The largest absolute Gasteiger partial charge is 0.481 e. The highest BCUT2D eigenvalue weighted by molar-refractivity contribution is 5.88. The molecule has 8 heteroatoms. The van der Waals surface area contributed by atoms with E-state index >= 15 is 0 Å². The van der Waals surface area contributed by atoms with E-state index in [1.54, 1.807) is 13.8 Å². The average Bonchev–Trinajstić information content (AvgIpc) is 2.30. The van der Waals surface area contributed by atoms with E-state index in [1.165, 1.54) is 0 Å². The number of nitrogens with one attached hydrogen (secondary N) is 2. The third-order valence-corrected chi connectivity index (χ3v) is 3.50. The number of carboxylic acids is 1. The van der Waals surface area contributed by atoms with Gasteiger partial charge in [-0.3, -0.25) is 10.1 Å². The fraction of sp³-hybridized carbons (Fsp3) is 0.583. The van der Waals surface area contributed by atoms with Crippen LogP contribution in [0.15, 0.2) is 0 Å². The van der Waals surface area contributed by atoms with Crippen LogP contribution < -0.4 is 10.6 Å². The van der Waals surface area contributed by atoms with Crippen molar-refractivity contribution < 1.29 is 14.7 Å². The Kier molecular flexibility index (Phi) is 3.82. The summed E-state index contributed by atoms with van der Waals surface area (Å²) in [6.07, 6.45) is 2.17. The van der Waals surface area contributed by atoms with Crippen molar-refractivity contribution in [2.45, 2.75) is 45.1 Å². The van der Waals surface area contributed by atoms with E-state index in [0.29, 0.717) is 24.2 Å². The molecule has 20 heavy (non-hydrogen) atoms. The normalized spacial score (nSPS) is 16.1. The Morgan fingerprint density at radius 3 is 2.45 bits per heavy atom. The minimum Gasteiger partial charge on any atom is -0.481 e. The lowest BCUT2D eigenvalue weighted by molar-refractivity contribution is -0.139. The van der Waals surface area contributed by atoms with Crippen LogP contribution in [0, 0.1) is 13.8 Å². The van der Waals surface area contributed by atoms with Crippen molar-refractivity contribution >= 4 is 17.9 Å². The first kappa shape index (κ1) is 14.2. The van der Waals surface area contributed by atoms with Gasteiger partial charge in [-0.2, -0.15) is 5.10 Å². The Bertz CT molecular complexity index is 542. The van der Waals surface area contributed by atoms with Gasteiger partial charge in [-0.15, -0.1) is 5.10 Å². The summed E-state index contributed by atoms with van der Waals surface area (Å²) >= 11 is 0. The molecule has 1 aromatic heterocycles. The van der Waals surface area contributed by atoms with Gasteiger partial charge in [0.15, 0.2) is 0 Å². The van der Waals surface area contributed by atoms with E-state index in [-0.39, 0.29) is 12.4 Å². The number of hydrogen-bond acceptors (Lipinski definition) is 5.